The third kappa shape index (κ3) is 2.39. The summed E-state index contributed by atoms with van der Waals surface area (Å²) in [5.41, 5.74) is -3.62. The van der Waals surface area contributed by atoms with Crippen molar-refractivity contribution in [3.05, 3.63) is 0 Å². The zero-order chi connectivity index (χ0) is 24.3. The molecular formula is C26H43NO7. The van der Waals surface area contributed by atoms with Crippen molar-refractivity contribution in [1.82, 2.24) is 4.90 Å². The summed E-state index contributed by atoms with van der Waals surface area (Å²) in [6.07, 6.45) is 1.78. The quantitative estimate of drug-likeness (QED) is 0.509. The highest BCUT2D eigenvalue weighted by molar-refractivity contribution is 5.38. The fourth-order valence-electron chi connectivity index (χ4n) is 11.1. The fourth-order valence-corrected chi connectivity index (χ4v) is 11.1. The summed E-state index contributed by atoms with van der Waals surface area (Å²) in [6.45, 7) is 4.29. The maximum atomic E-state index is 13.1. The van der Waals surface area contributed by atoms with Gasteiger partial charge in [-0.25, -0.2) is 0 Å². The van der Waals surface area contributed by atoms with E-state index in [4.69, 9.17) is 18.9 Å². The highest BCUT2D eigenvalue weighted by Gasteiger charge is 2.87. The molecule has 0 radical (unpaired) electrons. The predicted molar refractivity (Wildman–Crippen MR) is 123 cm³/mol. The van der Waals surface area contributed by atoms with E-state index >= 15 is 0 Å². The number of nitrogens with zero attached hydrogens (tertiary/aromatic N) is 1. The van der Waals surface area contributed by atoms with Gasteiger partial charge >= 0.3 is 0 Å². The summed E-state index contributed by atoms with van der Waals surface area (Å²) in [5.74, 6) is -0.109. The van der Waals surface area contributed by atoms with Crippen LogP contribution in [0.2, 0.25) is 0 Å². The van der Waals surface area contributed by atoms with Gasteiger partial charge in [-0.05, 0) is 44.1 Å². The number of ether oxygens (including phenoxy) is 4. The van der Waals surface area contributed by atoms with Gasteiger partial charge < -0.3 is 34.3 Å². The van der Waals surface area contributed by atoms with E-state index in [-0.39, 0.29) is 47.3 Å². The molecule has 13 unspecified atom stereocenters. The van der Waals surface area contributed by atoms with Crippen LogP contribution in [0.1, 0.15) is 39.0 Å². The van der Waals surface area contributed by atoms with Crippen molar-refractivity contribution in [3.8, 4) is 0 Å². The molecule has 34 heavy (non-hydrogen) atoms. The van der Waals surface area contributed by atoms with Crippen LogP contribution in [0.4, 0.5) is 0 Å². The van der Waals surface area contributed by atoms with Crippen LogP contribution in [0.25, 0.3) is 0 Å². The maximum Gasteiger partial charge on any atom is 0.136 e. The van der Waals surface area contributed by atoms with Crippen molar-refractivity contribution < 1.29 is 34.3 Å². The van der Waals surface area contributed by atoms with Crippen LogP contribution in [0, 0.1) is 34.5 Å². The molecular weight excluding hydrogens is 438 g/mol. The first-order valence-electron chi connectivity index (χ1n) is 13.2. The Labute approximate surface area is 202 Å². The van der Waals surface area contributed by atoms with Gasteiger partial charge in [0.1, 0.15) is 11.2 Å². The van der Waals surface area contributed by atoms with Crippen molar-refractivity contribution in [3.63, 3.8) is 0 Å². The summed E-state index contributed by atoms with van der Waals surface area (Å²) < 4.78 is 24.4. The molecule has 1 heterocycles. The van der Waals surface area contributed by atoms with Gasteiger partial charge in [0, 0.05) is 64.1 Å². The van der Waals surface area contributed by atoms with E-state index in [1.807, 2.05) is 0 Å². The van der Waals surface area contributed by atoms with Crippen molar-refractivity contribution in [1.29, 1.82) is 0 Å². The number of likely N-dealkylation sites (N-methyl/N-ethyl adjacent to an activating group) is 1. The van der Waals surface area contributed by atoms with E-state index < -0.39 is 28.8 Å². The highest BCUT2D eigenvalue weighted by Crippen LogP contribution is 2.77. The Hall–Kier alpha value is -0.320. The molecule has 1 saturated heterocycles. The van der Waals surface area contributed by atoms with Gasteiger partial charge in [-0.3, -0.25) is 4.90 Å². The number of aliphatic hydroxyl groups is 3. The molecule has 1 aliphatic heterocycles. The van der Waals surface area contributed by atoms with E-state index in [0.717, 1.165) is 32.4 Å². The summed E-state index contributed by atoms with van der Waals surface area (Å²) >= 11 is 0. The topological polar surface area (TPSA) is 101 Å². The summed E-state index contributed by atoms with van der Waals surface area (Å²) in [4.78, 5) is 2.40. The van der Waals surface area contributed by atoms with Crippen LogP contribution >= 0.6 is 0 Å². The van der Waals surface area contributed by atoms with E-state index in [1.54, 1.807) is 28.4 Å². The fraction of sp³-hybridized carbons (Fsp3) is 1.00. The highest BCUT2D eigenvalue weighted by atomic mass is 16.5. The second-order valence-corrected chi connectivity index (χ2v) is 12.4. The van der Waals surface area contributed by atoms with Crippen LogP contribution in [0.15, 0.2) is 0 Å². The van der Waals surface area contributed by atoms with Crippen molar-refractivity contribution in [2.75, 3.05) is 48.1 Å². The molecule has 0 amide bonds. The average Bonchev–Trinajstić information content (AvgIpc) is 3.16. The van der Waals surface area contributed by atoms with Gasteiger partial charge in [0.05, 0.1) is 37.1 Å². The minimum absolute atomic E-state index is 0.0363. The Morgan fingerprint density at radius 3 is 2.38 bits per heavy atom. The molecule has 5 aliphatic carbocycles. The Morgan fingerprint density at radius 1 is 1.00 bits per heavy atom. The Morgan fingerprint density at radius 2 is 1.76 bits per heavy atom. The van der Waals surface area contributed by atoms with Crippen LogP contribution in [-0.4, -0.2) is 110 Å². The molecule has 0 aromatic carbocycles. The Bertz CT molecular complexity index is 829. The van der Waals surface area contributed by atoms with E-state index in [1.165, 1.54) is 0 Å². The molecule has 3 N–H and O–H groups in total. The van der Waals surface area contributed by atoms with Gasteiger partial charge in [-0.1, -0.05) is 6.92 Å². The van der Waals surface area contributed by atoms with Crippen LogP contribution in [-0.2, 0) is 18.9 Å². The first-order chi connectivity index (χ1) is 16.2. The van der Waals surface area contributed by atoms with Crippen LogP contribution in [0.5, 0.6) is 0 Å². The van der Waals surface area contributed by atoms with Crippen molar-refractivity contribution >= 4 is 0 Å². The maximum absolute atomic E-state index is 13.1. The lowest BCUT2D eigenvalue weighted by Gasteiger charge is -2.66. The SMILES string of the molecule is CCN1CC2(COC)CCC(OC)C34C5CC6C(OC)CC(O)(CC5C6O)C(O)(C(OC)C23)C14. The number of rotatable bonds is 6. The molecule has 1 spiro atoms. The van der Waals surface area contributed by atoms with Crippen LogP contribution in [0.3, 0.4) is 0 Å². The van der Waals surface area contributed by atoms with E-state index in [9.17, 15) is 15.3 Å². The lowest BCUT2D eigenvalue weighted by Crippen LogP contribution is -2.74. The number of fused-ring (bicyclic) bond motifs is 3. The zero-order valence-corrected chi connectivity index (χ0v) is 21.3. The van der Waals surface area contributed by atoms with Crippen molar-refractivity contribution in [2.24, 2.45) is 34.5 Å². The largest absolute Gasteiger partial charge is 0.392 e. The Kier molecular flexibility index (Phi) is 5.38. The molecule has 6 rings (SSSR count). The molecule has 8 bridgehead atoms. The number of piperidine rings is 1. The molecule has 0 aromatic rings. The molecule has 5 saturated carbocycles. The monoisotopic (exact) mass is 481 g/mol. The molecule has 0 aromatic heterocycles. The third-order valence-corrected chi connectivity index (χ3v) is 11.7. The number of methoxy groups -OCH3 is 4. The summed E-state index contributed by atoms with van der Waals surface area (Å²) in [7, 11) is 6.90. The van der Waals surface area contributed by atoms with E-state index in [2.05, 4.69) is 11.8 Å². The first kappa shape index (κ1) is 24.0. The number of likely N-dealkylation sites (tertiary alicyclic amines) is 1. The molecule has 6 fully saturated rings. The van der Waals surface area contributed by atoms with Crippen LogP contribution < -0.4 is 0 Å². The third-order valence-electron chi connectivity index (χ3n) is 11.7. The van der Waals surface area contributed by atoms with Gasteiger partial charge in [0.25, 0.3) is 0 Å². The molecule has 8 heteroatoms. The number of aliphatic hydroxyl groups excluding tert-OH is 1. The first-order valence-corrected chi connectivity index (χ1v) is 13.2. The number of hydrogen-bond donors (Lipinski definition) is 3. The molecule has 8 nitrogen and oxygen atoms in total. The lowest BCUT2D eigenvalue weighted by molar-refractivity contribution is -0.241. The molecule has 6 aliphatic rings. The normalized spacial score (nSPS) is 59.8. The van der Waals surface area contributed by atoms with E-state index in [0.29, 0.717) is 19.4 Å². The predicted octanol–water partition coefficient (Wildman–Crippen LogP) is 0.661. The van der Waals surface area contributed by atoms with Gasteiger partial charge in [-0.2, -0.15) is 0 Å². The van der Waals surface area contributed by atoms with Gasteiger partial charge in [0.2, 0.25) is 0 Å². The smallest absolute Gasteiger partial charge is 0.136 e. The minimum Gasteiger partial charge on any atom is -0.392 e. The molecule has 194 valence electrons. The van der Waals surface area contributed by atoms with Gasteiger partial charge in [-0.15, -0.1) is 0 Å². The standard InChI is InChI=1S/C26H43NO7/c1-6-27-12-23(13-31-2)8-7-18(33-4)25-16-9-14-17(32-3)11-24(29,10-15(16)19(14)28)26(30,22(25)27)21(34-5)20(23)25/h14-22,28-30H,6-13H2,1-5H3. The van der Waals surface area contributed by atoms with Crippen molar-refractivity contribution in [2.45, 2.75) is 80.7 Å². The lowest BCUT2D eigenvalue weighted by atomic mass is 9.45. The second-order valence-electron chi connectivity index (χ2n) is 12.4. The average molecular weight is 482 g/mol. The zero-order valence-electron chi connectivity index (χ0n) is 21.3. The summed E-state index contributed by atoms with van der Waals surface area (Å²) in [6, 6.07) is -0.322. The van der Waals surface area contributed by atoms with Gasteiger partial charge in [0.15, 0.2) is 0 Å². The minimum atomic E-state index is -1.51. The summed E-state index contributed by atoms with van der Waals surface area (Å²) in [5, 5.41) is 37.3. The number of hydrogen-bond acceptors (Lipinski definition) is 8. The molecule has 13 atom stereocenters. The Balaban J connectivity index is 1.69. The second kappa shape index (κ2) is 7.60.